The number of benzene rings is 2. The van der Waals surface area contributed by atoms with Gasteiger partial charge in [-0.25, -0.2) is 9.59 Å². The maximum atomic E-state index is 11.4. The van der Waals surface area contributed by atoms with Gasteiger partial charge in [-0.1, -0.05) is 24.8 Å². The summed E-state index contributed by atoms with van der Waals surface area (Å²) in [6, 6.07) is 5.76. The standard InChI is InChI=1S/C16H11ClO5/c1-3-14(19)21-13-8-12(18)16(22-15(20)4-2)10-6-5-9(17)7-11(10)13/h3-8,18H,1-2H2. The van der Waals surface area contributed by atoms with Crippen LogP contribution in [0.2, 0.25) is 5.02 Å². The van der Waals surface area contributed by atoms with Crippen LogP contribution in [0.25, 0.3) is 10.8 Å². The van der Waals surface area contributed by atoms with Crippen LogP contribution in [-0.2, 0) is 9.59 Å². The fourth-order valence-corrected chi connectivity index (χ4v) is 1.98. The van der Waals surface area contributed by atoms with E-state index in [9.17, 15) is 14.7 Å². The van der Waals surface area contributed by atoms with Gasteiger partial charge in [0.2, 0.25) is 0 Å². The average molecular weight is 319 g/mol. The number of halogens is 1. The number of phenolic OH excluding ortho intramolecular Hbond substituents is 1. The van der Waals surface area contributed by atoms with Crippen LogP contribution in [0.3, 0.4) is 0 Å². The normalized spacial score (nSPS) is 10.0. The van der Waals surface area contributed by atoms with Gasteiger partial charge in [0.05, 0.1) is 0 Å². The summed E-state index contributed by atoms with van der Waals surface area (Å²) in [7, 11) is 0. The third-order valence-electron chi connectivity index (χ3n) is 2.74. The third kappa shape index (κ3) is 3.10. The number of rotatable bonds is 4. The maximum Gasteiger partial charge on any atom is 0.335 e. The molecule has 0 aliphatic rings. The van der Waals surface area contributed by atoms with Crippen molar-refractivity contribution in [2.24, 2.45) is 0 Å². The van der Waals surface area contributed by atoms with E-state index >= 15 is 0 Å². The molecule has 0 aromatic heterocycles. The van der Waals surface area contributed by atoms with E-state index in [0.717, 1.165) is 18.2 Å². The van der Waals surface area contributed by atoms with E-state index in [1.54, 1.807) is 6.07 Å². The molecule has 0 amide bonds. The van der Waals surface area contributed by atoms with Gasteiger partial charge in [0.1, 0.15) is 5.75 Å². The van der Waals surface area contributed by atoms with E-state index < -0.39 is 11.9 Å². The van der Waals surface area contributed by atoms with Gasteiger partial charge in [-0.05, 0) is 18.2 Å². The molecule has 5 nitrogen and oxygen atoms in total. The summed E-state index contributed by atoms with van der Waals surface area (Å²) in [6.45, 7) is 6.59. The van der Waals surface area contributed by atoms with E-state index in [-0.39, 0.29) is 17.2 Å². The van der Waals surface area contributed by atoms with Crippen molar-refractivity contribution in [3.8, 4) is 17.2 Å². The summed E-state index contributed by atoms with van der Waals surface area (Å²) in [5.41, 5.74) is 0. The lowest BCUT2D eigenvalue weighted by molar-refractivity contribution is -0.130. The van der Waals surface area contributed by atoms with Gasteiger partial charge in [0.25, 0.3) is 0 Å². The second kappa shape index (κ2) is 6.32. The molecule has 6 heteroatoms. The van der Waals surface area contributed by atoms with Crippen LogP contribution in [0.5, 0.6) is 17.2 Å². The van der Waals surface area contributed by atoms with Crippen molar-refractivity contribution >= 4 is 34.3 Å². The number of ether oxygens (including phenoxy) is 2. The van der Waals surface area contributed by atoms with Gasteiger partial charge < -0.3 is 14.6 Å². The van der Waals surface area contributed by atoms with Crippen LogP contribution in [-0.4, -0.2) is 17.0 Å². The van der Waals surface area contributed by atoms with Gasteiger partial charge in [-0.15, -0.1) is 0 Å². The minimum Gasteiger partial charge on any atom is -0.504 e. The summed E-state index contributed by atoms with van der Waals surface area (Å²) >= 11 is 5.94. The summed E-state index contributed by atoms with van der Waals surface area (Å²) in [6.07, 6.45) is 1.95. The Morgan fingerprint density at radius 2 is 1.68 bits per heavy atom. The number of aromatic hydroxyl groups is 1. The molecule has 0 spiro atoms. The quantitative estimate of drug-likeness (QED) is 0.531. The first-order valence-corrected chi connectivity index (χ1v) is 6.47. The molecule has 0 saturated carbocycles. The van der Waals surface area contributed by atoms with Crippen molar-refractivity contribution in [2.45, 2.75) is 0 Å². The van der Waals surface area contributed by atoms with E-state index in [1.165, 1.54) is 12.1 Å². The molecule has 0 unspecified atom stereocenters. The van der Waals surface area contributed by atoms with E-state index in [0.29, 0.717) is 15.8 Å². The zero-order chi connectivity index (χ0) is 16.3. The molecule has 2 rings (SSSR count). The maximum absolute atomic E-state index is 11.4. The summed E-state index contributed by atoms with van der Waals surface area (Å²) in [5, 5.41) is 11.2. The Hall–Kier alpha value is -2.79. The smallest absolute Gasteiger partial charge is 0.335 e. The van der Waals surface area contributed by atoms with Crippen molar-refractivity contribution in [1.29, 1.82) is 0 Å². The molecule has 2 aromatic rings. The molecular weight excluding hydrogens is 308 g/mol. The molecule has 0 heterocycles. The van der Waals surface area contributed by atoms with Crippen molar-refractivity contribution in [1.82, 2.24) is 0 Å². The Bertz CT molecular complexity index is 795. The van der Waals surface area contributed by atoms with Crippen LogP contribution >= 0.6 is 11.6 Å². The zero-order valence-electron chi connectivity index (χ0n) is 11.3. The zero-order valence-corrected chi connectivity index (χ0v) is 12.1. The van der Waals surface area contributed by atoms with Gasteiger partial charge >= 0.3 is 11.9 Å². The first-order chi connectivity index (χ1) is 10.5. The molecule has 0 aliphatic heterocycles. The molecule has 1 N–H and O–H groups in total. The lowest BCUT2D eigenvalue weighted by Crippen LogP contribution is -2.06. The van der Waals surface area contributed by atoms with E-state index in [1.807, 2.05) is 0 Å². The Morgan fingerprint density at radius 3 is 2.32 bits per heavy atom. The fourth-order valence-electron chi connectivity index (χ4n) is 1.81. The van der Waals surface area contributed by atoms with Crippen LogP contribution < -0.4 is 9.47 Å². The first kappa shape index (κ1) is 15.6. The molecule has 0 bridgehead atoms. The monoisotopic (exact) mass is 318 g/mol. The van der Waals surface area contributed by atoms with Crippen LogP contribution in [0, 0.1) is 0 Å². The number of carbonyl (C=O) groups excluding carboxylic acids is 2. The Kier molecular flexibility index (Phi) is 4.48. The third-order valence-corrected chi connectivity index (χ3v) is 2.97. The molecule has 22 heavy (non-hydrogen) atoms. The molecule has 112 valence electrons. The summed E-state index contributed by atoms with van der Waals surface area (Å²) in [4.78, 5) is 22.8. The van der Waals surface area contributed by atoms with Crippen molar-refractivity contribution in [3.63, 3.8) is 0 Å². The highest BCUT2D eigenvalue weighted by molar-refractivity contribution is 6.31. The molecule has 0 saturated heterocycles. The van der Waals surface area contributed by atoms with Crippen molar-refractivity contribution < 1.29 is 24.2 Å². The highest BCUT2D eigenvalue weighted by Gasteiger charge is 2.17. The number of hydrogen-bond acceptors (Lipinski definition) is 5. The average Bonchev–Trinajstić information content (AvgIpc) is 2.50. The van der Waals surface area contributed by atoms with E-state index in [4.69, 9.17) is 21.1 Å². The molecule has 2 aromatic carbocycles. The second-order valence-corrected chi connectivity index (χ2v) is 4.60. The van der Waals surface area contributed by atoms with E-state index in [2.05, 4.69) is 13.2 Å². The largest absolute Gasteiger partial charge is 0.504 e. The topological polar surface area (TPSA) is 72.8 Å². The second-order valence-electron chi connectivity index (χ2n) is 4.16. The first-order valence-electron chi connectivity index (χ1n) is 6.10. The SMILES string of the molecule is C=CC(=O)Oc1cc(O)c(OC(=O)C=C)c2ccc(Cl)cc12. The van der Waals surface area contributed by atoms with Gasteiger partial charge in [-0.2, -0.15) is 0 Å². The highest BCUT2D eigenvalue weighted by Crippen LogP contribution is 2.42. The lowest BCUT2D eigenvalue weighted by atomic mass is 10.1. The van der Waals surface area contributed by atoms with Gasteiger partial charge in [0, 0.05) is 34.0 Å². The number of fused-ring (bicyclic) bond motifs is 1. The molecule has 0 aliphatic carbocycles. The van der Waals surface area contributed by atoms with Crippen molar-refractivity contribution in [2.75, 3.05) is 0 Å². The summed E-state index contributed by atoms with van der Waals surface area (Å²) in [5.74, 6) is -1.80. The molecule has 0 fully saturated rings. The fraction of sp³-hybridized carbons (Fsp3) is 0. The Labute approximate surface area is 131 Å². The number of carbonyl (C=O) groups is 2. The predicted molar refractivity (Wildman–Crippen MR) is 82.3 cm³/mol. The van der Waals surface area contributed by atoms with Crippen LogP contribution in [0.4, 0.5) is 0 Å². The minimum absolute atomic E-state index is 0.0679. The highest BCUT2D eigenvalue weighted by atomic mass is 35.5. The van der Waals surface area contributed by atoms with Gasteiger partial charge in [-0.3, -0.25) is 0 Å². The Morgan fingerprint density at radius 1 is 1.05 bits per heavy atom. The molecular formula is C16H11ClO5. The minimum atomic E-state index is -0.734. The Balaban J connectivity index is 2.68. The number of hydrogen-bond donors (Lipinski definition) is 1. The number of esters is 2. The predicted octanol–water partition coefficient (Wildman–Crippen LogP) is 3.38. The summed E-state index contributed by atoms with van der Waals surface area (Å²) < 4.78 is 10.1. The van der Waals surface area contributed by atoms with Crippen LogP contribution in [0.15, 0.2) is 49.6 Å². The van der Waals surface area contributed by atoms with Crippen LogP contribution in [0.1, 0.15) is 0 Å². The van der Waals surface area contributed by atoms with Gasteiger partial charge in [0.15, 0.2) is 11.5 Å². The molecule has 0 atom stereocenters. The number of phenols is 1. The van der Waals surface area contributed by atoms with Crippen molar-refractivity contribution in [3.05, 3.63) is 54.6 Å². The molecule has 0 radical (unpaired) electrons. The lowest BCUT2D eigenvalue weighted by Gasteiger charge is -2.12.